The highest BCUT2D eigenvalue weighted by molar-refractivity contribution is 6.23. The molecule has 1 amide bonds. The van der Waals surface area contributed by atoms with Gasteiger partial charge in [-0.1, -0.05) is 17.7 Å². The first kappa shape index (κ1) is 19.0. The van der Waals surface area contributed by atoms with E-state index < -0.39 is 11.1 Å². The summed E-state index contributed by atoms with van der Waals surface area (Å²) < 4.78 is 11.2. The molecule has 1 aromatic heterocycles. The summed E-state index contributed by atoms with van der Waals surface area (Å²) in [4.78, 5) is 21.4. The molecule has 28 heavy (non-hydrogen) atoms. The molecule has 4 rings (SSSR count). The minimum absolute atomic E-state index is 0.0304. The van der Waals surface area contributed by atoms with Gasteiger partial charge >= 0.3 is 0 Å². The summed E-state index contributed by atoms with van der Waals surface area (Å²) in [6, 6.07) is 9.33. The number of alkyl halides is 1. The fraction of sp³-hybridized carbons (Fsp3) is 0.400. The zero-order valence-corrected chi connectivity index (χ0v) is 16.2. The van der Waals surface area contributed by atoms with Crippen LogP contribution in [-0.4, -0.2) is 35.4 Å². The van der Waals surface area contributed by atoms with Crippen molar-refractivity contribution in [3.63, 3.8) is 0 Å². The SMILES string of the molecule is CC(Cl)(Nc1ccc(C2CC2)cc1OC1COC1)ONC(=O)c1cccnc1. The van der Waals surface area contributed by atoms with Gasteiger partial charge in [0.15, 0.2) is 0 Å². The van der Waals surface area contributed by atoms with Crippen LogP contribution in [0.2, 0.25) is 0 Å². The maximum absolute atomic E-state index is 12.1. The van der Waals surface area contributed by atoms with Gasteiger partial charge in [0.2, 0.25) is 5.18 Å². The maximum Gasteiger partial charge on any atom is 0.276 e. The second-order valence-electron chi connectivity index (χ2n) is 7.12. The van der Waals surface area contributed by atoms with Crippen molar-refractivity contribution in [2.45, 2.75) is 37.0 Å². The number of hydrogen-bond acceptors (Lipinski definition) is 6. The third-order valence-electron chi connectivity index (χ3n) is 4.57. The van der Waals surface area contributed by atoms with Gasteiger partial charge in [0.1, 0.15) is 11.9 Å². The van der Waals surface area contributed by atoms with Crippen LogP contribution in [0, 0.1) is 0 Å². The summed E-state index contributed by atoms with van der Waals surface area (Å²) in [5.41, 5.74) is 4.66. The van der Waals surface area contributed by atoms with Crippen molar-refractivity contribution in [2.24, 2.45) is 0 Å². The highest BCUT2D eigenvalue weighted by Gasteiger charge is 2.29. The molecule has 1 saturated carbocycles. The van der Waals surface area contributed by atoms with Gasteiger partial charge < -0.3 is 14.8 Å². The molecule has 1 aliphatic carbocycles. The van der Waals surface area contributed by atoms with E-state index in [9.17, 15) is 4.79 Å². The number of hydrogen-bond donors (Lipinski definition) is 2. The minimum atomic E-state index is -1.38. The Hall–Kier alpha value is -2.35. The van der Waals surface area contributed by atoms with Gasteiger partial charge in [0.25, 0.3) is 5.91 Å². The summed E-state index contributed by atoms with van der Waals surface area (Å²) in [5.74, 6) is 0.868. The first-order valence-corrected chi connectivity index (χ1v) is 9.62. The lowest BCUT2D eigenvalue weighted by Crippen LogP contribution is -2.41. The van der Waals surface area contributed by atoms with E-state index in [4.69, 9.17) is 25.9 Å². The summed E-state index contributed by atoms with van der Waals surface area (Å²) in [6.07, 6.45) is 5.47. The van der Waals surface area contributed by atoms with Crippen LogP contribution in [0.1, 0.15) is 41.6 Å². The number of pyridine rings is 1. The molecule has 8 heteroatoms. The van der Waals surface area contributed by atoms with Crippen LogP contribution >= 0.6 is 11.6 Å². The van der Waals surface area contributed by atoms with Crippen LogP contribution < -0.4 is 15.5 Å². The highest BCUT2D eigenvalue weighted by atomic mass is 35.5. The maximum atomic E-state index is 12.1. The molecular weight excluding hydrogens is 382 g/mol. The van der Waals surface area contributed by atoms with Gasteiger partial charge in [0, 0.05) is 19.3 Å². The topological polar surface area (TPSA) is 81.7 Å². The highest BCUT2D eigenvalue weighted by Crippen LogP contribution is 2.43. The number of nitrogens with zero attached hydrogens (tertiary/aromatic N) is 1. The van der Waals surface area contributed by atoms with Gasteiger partial charge in [0.05, 0.1) is 24.5 Å². The van der Waals surface area contributed by atoms with E-state index in [1.807, 2.05) is 12.1 Å². The van der Waals surface area contributed by atoms with Gasteiger partial charge in [-0.05, 0) is 48.6 Å². The van der Waals surface area contributed by atoms with Gasteiger partial charge in [-0.25, -0.2) is 10.3 Å². The molecule has 1 aromatic carbocycles. The molecule has 2 aliphatic rings. The molecule has 2 fully saturated rings. The van der Waals surface area contributed by atoms with Crippen LogP contribution in [-0.2, 0) is 9.57 Å². The Balaban J connectivity index is 1.43. The Kier molecular flexibility index (Phi) is 5.39. The first-order valence-electron chi connectivity index (χ1n) is 9.24. The van der Waals surface area contributed by atoms with Crippen molar-refractivity contribution in [3.05, 3.63) is 53.9 Å². The van der Waals surface area contributed by atoms with Gasteiger partial charge in [-0.3, -0.25) is 9.78 Å². The van der Waals surface area contributed by atoms with E-state index in [1.165, 1.54) is 24.6 Å². The van der Waals surface area contributed by atoms with Crippen LogP contribution in [0.3, 0.4) is 0 Å². The van der Waals surface area contributed by atoms with E-state index in [2.05, 4.69) is 21.8 Å². The largest absolute Gasteiger partial charge is 0.483 e. The lowest BCUT2D eigenvalue weighted by atomic mass is 10.1. The van der Waals surface area contributed by atoms with E-state index in [0.717, 1.165) is 0 Å². The molecule has 1 atom stereocenters. The zero-order chi connectivity index (χ0) is 19.6. The summed E-state index contributed by atoms with van der Waals surface area (Å²) >= 11 is 6.43. The number of benzene rings is 1. The van der Waals surface area contributed by atoms with Gasteiger partial charge in [-0.2, -0.15) is 0 Å². The zero-order valence-electron chi connectivity index (χ0n) is 15.5. The number of carbonyl (C=O) groups excluding carboxylic acids is 1. The molecule has 0 spiro atoms. The monoisotopic (exact) mass is 403 g/mol. The number of aromatic nitrogens is 1. The average molecular weight is 404 g/mol. The Labute approximate surface area is 168 Å². The number of hydroxylamine groups is 1. The quantitative estimate of drug-likeness (QED) is 0.304. The Morgan fingerprint density at radius 1 is 1.32 bits per heavy atom. The van der Waals surface area contributed by atoms with Crippen molar-refractivity contribution >= 4 is 23.2 Å². The van der Waals surface area contributed by atoms with Crippen molar-refractivity contribution < 1.29 is 19.1 Å². The Morgan fingerprint density at radius 3 is 2.79 bits per heavy atom. The summed E-state index contributed by atoms with van der Waals surface area (Å²) in [7, 11) is 0. The summed E-state index contributed by atoms with van der Waals surface area (Å²) in [5, 5.41) is 1.70. The predicted molar refractivity (Wildman–Crippen MR) is 104 cm³/mol. The molecule has 148 valence electrons. The average Bonchev–Trinajstić information content (AvgIpc) is 3.49. The molecule has 2 aromatic rings. The fourth-order valence-electron chi connectivity index (χ4n) is 2.84. The van der Waals surface area contributed by atoms with Gasteiger partial charge in [-0.15, -0.1) is 0 Å². The number of halogens is 1. The number of carbonyl (C=O) groups is 1. The van der Waals surface area contributed by atoms with Crippen molar-refractivity contribution in [1.82, 2.24) is 10.5 Å². The van der Waals surface area contributed by atoms with E-state index >= 15 is 0 Å². The molecule has 1 unspecified atom stereocenters. The van der Waals surface area contributed by atoms with Crippen LogP contribution in [0.5, 0.6) is 5.75 Å². The minimum Gasteiger partial charge on any atom is -0.483 e. The number of rotatable bonds is 8. The third-order valence-corrected chi connectivity index (χ3v) is 4.74. The van der Waals surface area contributed by atoms with E-state index in [-0.39, 0.29) is 6.10 Å². The molecule has 1 saturated heterocycles. The van der Waals surface area contributed by atoms with Crippen LogP contribution in [0.15, 0.2) is 42.7 Å². The molecule has 2 heterocycles. The van der Waals surface area contributed by atoms with Crippen LogP contribution in [0.25, 0.3) is 0 Å². The summed E-state index contributed by atoms with van der Waals surface area (Å²) in [6.45, 7) is 2.74. The number of amides is 1. The van der Waals surface area contributed by atoms with Crippen LogP contribution in [0.4, 0.5) is 5.69 Å². The second kappa shape index (κ2) is 7.95. The molecule has 7 nitrogen and oxygen atoms in total. The number of nitrogens with one attached hydrogen (secondary N) is 2. The number of ether oxygens (including phenoxy) is 2. The first-order chi connectivity index (χ1) is 13.5. The van der Waals surface area contributed by atoms with Crippen molar-refractivity contribution in [2.75, 3.05) is 18.5 Å². The lowest BCUT2D eigenvalue weighted by Gasteiger charge is -2.30. The molecular formula is C20H22ClN3O4. The Bertz CT molecular complexity index is 839. The van der Waals surface area contributed by atoms with Crippen molar-refractivity contribution in [3.8, 4) is 5.75 Å². The smallest absolute Gasteiger partial charge is 0.276 e. The normalized spacial score (nSPS) is 18.6. The third kappa shape index (κ3) is 4.73. The second-order valence-corrected chi connectivity index (χ2v) is 7.85. The van der Waals surface area contributed by atoms with E-state index in [0.29, 0.717) is 36.1 Å². The van der Waals surface area contributed by atoms with Crippen molar-refractivity contribution in [1.29, 1.82) is 0 Å². The molecule has 0 bridgehead atoms. The van der Waals surface area contributed by atoms with E-state index in [1.54, 1.807) is 25.3 Å². The number of anilines is 1. The molecule has 0 radical (unpaired) electrons. The predicted octanol–water partition coefficient (Wildman–Crippen LogP) is 3.42. The fourth-order valence-corrected chi connectivity index (χ4v) is 2.98. The molecule has 1 aliphatic heterocycles. The Morgan fingerprint density at radius 2 is 2.14 bits per heavy atom. The standard InChI is InChI=1S/C20H22ClN3O4/c1-20(21,28-24-19(25)15-3-2-8-22-10-15)23-17-7-6-14(13-4-5-13)9-18(17)27-16-11-26-12-16/h2-3,6-10,13,16,23H,4-5,11-12H2,1H3,(H,24,25). The molecule has 2 N–H and O–H groups in total. The lowest BCUT2D eigenvalue weighted by molar-refractivity contribution is -0.0796.